The SMILES string of the molecule is CSc1nc(-c2ccc(F)cc2C)c2ccc(=O)n(-c3ccccc3C)c2n1. The molecule has 0 unspecified atom stereocenters. The van der Waals surface area contributed by atoms with E-state index in [1.807, 2.05) is 44.4 Å². The van der Waals surface area contributed by atoms with Gasteiger partial charge in [0, 0.05) is 17.0 Å². The van der Waals surface area contributed by atoms with Crippen molar-refractivity contribution in [3.05, 3.63) is 81.9 Å². The molecule has 4 rings (SSSR count). The molecule has 0 amide bonds. The van der Waals surface area contributed by atoms with Gasteiger partial charge in [-0.05, 0) is 61.6 Å². The van der Waals surface area contributed by atoms with Gasteiger partial charge in [0.2, 0.25) is 0 Å². The molecule has 28 heavy (non-hydrogen) atoms. The van der Waals surface area contributed by atoms with Crippen molar-refractivity contribution in [1.82, 2.24) is 14.5 Å². The fraction of sp³-hybridized carbons (Fsp3) is 0.136. The Morgan fingerprint density at radius 2 is 1.75 bits per heavy atom. The summed E-state index contributed by atoms with van der Waals surface area (Å²) in [5.74, 6) is -0.290. The molecule has 2 heterocycles. The van der Waals surface area contributed by atoms with Crippen molar-refractivity contribution in [3.63, 3.8) is 0 Å². The third kappa shape index (κ3) is 3.10. The molecule has 2 aromatic heterocycles. The Bertz CT molecular complexity index is 1270. The Balaban J connectivity index is 2.13. The molecule has 0 radical (unpaired) electrons. The van der Waals surface area contributed by atoms with E-state index in [4.69, 9.17) is 0 Å². The highest BCUT2D eigenvalue weighted by molar-refractivity contribution is 7.98. The number of pyridine rings is 1. The van der Waals surface area contributed by atoms with Gasteiger partial charge in [-0.2, -0.15) is 0 Å². The molecule has 0 N–H and O–H groups in total. The van der Waals surface area contributed by atoms with Crippen molar-refractivity contribution in [2.45, 2.75) is 19.0 Å². The molecule has 140 valence electrons. The van der Waals surface area contributed by atoms with Crippen molar-refractivity contribution in [2.75, 3.05) is 6.26 Å². The molecule has 4 aromatic rings. The van der Waals surface area contributed by atoms with E-state index < -0.39 is 0 Å². The molecule has 0 spiro atoms. The second-order valence-electron chi connectivity index (χ2n) is 6.55. The summed E-state index contributed by atoms with van der Waals surface area (Å²) in [7, 11) is 0. The van der Waals surface area contributed by atoms with Crippen LogP contribution in [0.2, 0.25) is 0 Å². The fourth-order valence-electron chi connectivity index (χ4n) is 3.33. The van der Waals surface area contributed by atoms with E-state index in [9.17, 15) is 9.18 Å². The molecule has 0 fully saturated rings. The number of nitrogens with zero attached hydrogens (tertiary/aromatic N) is 3. The number of benzene rings is 2. The van der Waals surface area contributed by atoms with Crippen molar-refractivity contribution in [3.8, 4) is 16.9 Å². The minimum Gasteiger partial charge on any atom is -0.269 e. The minimum atomic E-state index is -0.290. The maximum absolute atomic E-state index is 13.6. The van der Waals surface area contributed by atoms with Crippen LogP contribution in [0.15, 0.2) is 64.5 Å². The van der Waals surface area contributed by atoms with Gasteiger partial charge in [-0.25, -0.2) is 14.4 Å². The largest absolute Gasteiger partial charge is 0.269 e. The van der Waals surface area contributed by atoms with Gasteiger partial charge in [0.15, 0.2) is 10.8 Å². The smallest absolute Gasteiger partial charge is 0.256 e. The maximum Gasteiger partial charge on any atom is 0.256 e. The van der Waals surface area contributed by atoms with E-state index in [1.165, 1.54) is 30.0 Å². The lowest BCUT2D eigenvalue weighted by atomic mass is 10.0. The van der Waals surface area contributed by atoms with Crippen LogP contribution in [0.5, 0.6) is 0 Å². The summed E-state index contributed by atoms with van der Waals surface area (Å²) < 4.78 is 15.2. The number of aromatic nitrogens is 3. The Labute approximate surface area is 166 Å². The van der Waals surface area contributed by atoms with Crippen molar-refractivity contribution < 1.29 is 4.39 Å². The van der Waals surface area contributed by atoms with Gasteiger partial charge in [0.1, 0.15) is 5.82 Å². The van der Waals surface area contributed by atoms with E-state index in [0.29, 0.717) is 16.5 Å². The first-order valence-corrected chi connectivity index (χ1v) is 10.0. The highest BCUT2D eigenvalue weighted by Crippen LogP contribution is 2.31. The van der Waals surface area contributed by atoms with Crippen molar-refractivity contribution in [1.29, 1.82) is 0 Å². The van der Waals surface area contributed by atoms with Crippen molar-refractivity contribution >= 4 is 22.8 Å². The summed E-state index contributed by atoms with van der Waals surface area (Å²) in [6.07, 6.45) is 1.89. The van der Waals surface area contributed by atoms with Gasteiger partial charge in [-0.3, -0.25) is 9.36 Å². The highest BCUT2D eigenvalue weighted by Gasteiger charge is 2.17. The van der Waals surface area contributed by atoms with Gasteiger partial charge < -0.3 is 0 Å². The van der Waals surface area contributed by atoms with E-state index >= 15 is 0 Å². The first-order chi connectivity index (χ1) is 13.5. The third-order valence-electron chi connectivity index (χ3n) is 4.71. The molecule has 0 aliphatic carbocycles. The molecule has 6 heteroatoms. The highest BCUT2D eigenvalue weighted by atomic mass is 32.2. The Morgan fingerprint density at radius 3 is 2.46 bits per heavy atom. The average molecular weight is 391 g/mol. The lowest BCUT2D eigenvalue weighted by molar-refractivity contribution is 0.627. The molecule has 4 nitrogen and oxygen atoms in total. The third-order valence-corrected chi connectivity index (χ3v) is 5.26. The average Bonchev–Trinajstić information content (AvgIpc) is 2.68. The van der Waals surface area contributed by atoms with Crippen molar-refractivity contribution in [2.24, 2.45) is 0 Å². The van der Waals surface area contributed by atoms with E-state index in [2.05, 4.69) is 9.97 Å². The zero-order chi connectivity index (χ0) is 19.8. The zero-order valence-electron chi connectivity index (χ0n) is 15.7. The molecule has 0 aliphatic rings. The van der Waals surface area contributed by atoms with Gasteiger partial charge in [0.05, 0.1) is 11.4 Å². The molecule has 0 bridgehead atoms. The van der Waals surface area contributed by atoms with Gasteiger partial charge in [-0.15, -0.1) is 0 Å². The fourth-order valence-corrected chi connectivity index (χ4v) is 3.69. The van der Waals surface area contributed by atoms with Gasteiger partial charge in [-0.1, -0.05) is 30.0 Å². The van der Waals surface area contributed by atoms with Gasteiger partial charge in [0.25, 0.3) is 5.56 Å². The standard InChI is InChI=1S/C22H18FN3OS/c1-13-6-4-5-7-18(13)26-19(27)11-10-17-20(24-22(28-3)25-21(17)26)16-9-8-15(23)12-14(16)2/h4-12H,1-3H3. The van der Waals surface area contributed by atoms with Crippen LogP contribution in [-0.2, 0) is 0 Å². The summed E-state index contributed by atoms with van der Waals surface area (Å²) in [5, 5.41) is 1.30. The quantitative estimate of drug-likeness (QED) is 0.367. The van der Waals surface area contributed by atoms with Crippen LogP contribution in [0.4, 0.5) is 4.39 Å². The first-order valence-electron chi connectivity index (χ1n) is 8.80. The van der Waals surface area contributed by atoms with E-state index in [0.717, 1.165) is 27.8 Å². The normalized spacial score (nSPS) is 11.1. The maximum atomic E-state index is 13.6. The minimum absolute atomic E-state index is 0.158. The topological polar surface area (TPSA) is 47.8 Å². The molecule has 0 aliphatic heterocycles. The number of rotatable bonds is 3. The number of halogens is 1. The number of thioether (sulfide) groups is 1. The Morgan fingerprint density at radius 1 is 0.964 bits per heavy atom. The number of hydrogen-bond acceptors (Lipinski definition) is 4. The zero-order valence-corrected chi connectivity index (χ0v) is 16.5. The molecular weight excluding hydrogens is 373 g/mol. The summed E-state index contributed by atoms with van der Waals surface area (Å²) in [4.78, 5) is 22.1. The van der Waals surface area contributed by atoms with E-state index in [1.54, 1.807) is 16.7 Å². The molecule has 2 aromatic carbocycles. The summed E-state index contributed by atoms with van der Waals surface area (Å²) in [5.41, 5.74) is 4.43. The van der Waals surface area contributed by atoms with Gasteiger partial charge >= 0.3 is 0 Å². The predicted octanol–water partition coefficient (Wildman–Crippen LogP) is 4.93. The summed E-state index contributed by atoms with van der Waals surface area (Å²) in [6, 6.07) is 15.6. The lowest BCUT2D eigenvalue weighted by Crippen LogP contribution is -2.19. The second-order valence-corrected chi connectivity index (χ2v) is 7.32. The molecular formula is C22H18FN3OS. The molecule has 0 saturated heterocycles. The Hall–Kier alpha value is -2.99. The predicted molar refractivity (Wildman–Crippen MR) is 112 cm³/mol. The lowest BCUT2D eigenvalue weighted by Gasteiger charge is -2.15. The van der Waals surface area contributed by atoms with E-state index in [-0.39, 0.29) is 11.4 Å². The van der Waals surface area contributed by atoms with Crippen LogP contribution < -0.4 is 5.56 Å². The van der Waals surface area contributed by atoms with Crippen LogP contribution in [0, 0.1) is 19.7 Å². The van der Waals surface area contributed by atoms with Crippen LogP contribution in [-0.4, -0.2) is 20.8 Å². The summed E-state index contributed by atoms with van der Waals surface area (Å²) in [6.45, 7) is 3.81. The van der Waals surface area contributed by atoms with Crippen LogP contribution in [0.25, 0.3) is 28.0 Å². The van der Waals surface area contributed by atoms with Crippen LogP contribution >= 0.6 is 11.8 Å². The summed E-state index contributed by atoms with van der Waals surface area (Å²) >= 11 is 1.40. The first kappa shape index (κ1) is 18.4. The number of hydrogen-bond donors (Lipinski definition) is 0. The Kier molecular flexibility index (Phi) is 4.73. The second kappa shape index (κ2) is 7.20. The number of aryl methyl sites for hydroxylation is 2. The number of para-hydroxylation sites is 1. The monoisotopic (exact) mass is 391 g/mol. The number of fused-ring (bicyclic) bond motifs is 1. The van der Waals surface area contributed by atoms with Crippen LogP contribution in [0.3, 0.4) is 0 Å². The molecule has 0 atom stereocenters. The van der Waals surface area contributed by atoms with Crippen LogP contribution in [0.1, 0.15) is 11.1 Å². The molecule has 0 saturated carbocycles.